The van der Waals surface area contributed by atoms with Gasteiger partial charge in [0.15, 0.2) is 12.1 Å². The number of benzene rings is 1. The molecule has 2 saturated heterocycles. The number of methoxy groups -OCH3 is 1. The molecule has 0 radical (unpaired) electrons. The first-order valence-electron chi connectivity index (χ1n) is 8.24. The Hall–Kier alpha value is -1.02. The second kappa shape index (κ2) is 6.71. The lowest BCUT2D eigenvalue weighted by Crippen LogP contribution is -2.56. The van der Waals surface area contributed by atoms with E-state index in [0.717, 1.165) is 5.56 Å². The first-order chi connectivity index (χ1) is 11.4. The molecule has 0 bridgehead atoms. The topological polar surface area (TPSA) is 66.4 Å². The largest absolute Gasteiger partial charge is 0.393 e. The summed E-state index contributed by atoms with van der Waals surface area (Å²) >= 11 is 0. The quantitative estimate of drug-likeness (QED) is 0.854. The molecule has 3 rings (SSSR count). The molecule has 1 N–H and O–H groups in total. The Morgan fingerprint density at radius 3 is 2.50 bits per heavy atom. The van der Waals surface area contributed by atoms with Crippen LogP contribution >= 0.6 is 0 Å². The highest BCUT2D eigenvalue weighted by molar-refractivity contribution is 5.14. The van der Waals surface area contributed by atoms with Crippen LogP contribution in [0.15, 0.2) is 30.3 Å². The van der Waals surface area contributed by atoms with Gasteiger partial charge in [0.05, 0.1) is 19.3 Å². The minimum atomic E-state index is -1.03. The molecule has 24 heavy (non-hydrogen) atoms. The summed E-state index contributed by atoms with van der Waals surface area (Å²) in [5.74, 6) is -0.748. The van der Waals surface area contributed by atoms with Crippen molar-refractivity contribution in [2.24, 2.45) is 0 Å². The minimum Gasteiger partial charge on any atom is -0.393 e. The molecule has 2 aliphatic heterocycles. The summed E-state index contributed by atoms with van der Waals surface area (Å²) in [4.78, 5) is 0. The summed E-state index contributed by atoms with van der Waals surface area (Å²) in [6.07, 6.45) is -1.91. The maximum absolute atomic E-state index is 10.1. The van der Waals surface area contributed by atoms with Crippen molar-refractivity contribution in [1.82, 2.24) is 0 Å². The summed E-state index contributed by atoms with van der Waals surface area (Å²) in [6.45, 7) is 5.66. The van der Waals surface area contributed by atoms with Gasteiger partial charge in [-0.15, -0.1) is 0 Å². The summed E-state index contributed by atoms with van der Waals surface area (Å²) < 4.78 is 29.5. The van der Waals surface area contributed by atoms with Gasteiger partial charge in [-0.05, 0) is 26.3 Å². The molecule has 6 heteroatoms. The van der Waals surface area contributed by atoms with E-state index >= 15 is 0 Å². The Labute approximate surface area is 142 Å². The molecule has 6 nitrogen and oxygen atoms in total. The predicted octanol–water partition coefficient (Wildman–Crippen LogP) is 1.85. The Morgan fingerprint density at radius 1 is 1.17 bits per heavy atom. The highest BCUT2D eigenvalue weighted by Gasteiger charge is 2.64. The fourth-order valence-corrected chi connectivity index (χ4v) is 3.39. The molecule has 2 aliphatic rings. The van der Waals surface area contributed by atoms with Gasteiger partial charge in [0.25, 0.3) is 0 Å². The third-order valence-corrected chi connectivity index (χ3v) is 4.76. The SMILES string of the molecule is COC(C)[C@@]1(CO)O[C@@H]2OC(C)(C)O[C@@H]2[C@@H]1OCc1ccccc1. The molecule has 0 amide bonds. The van der Waals surface area contributed by atoms with Crippen molar-refractivity contribution in [3.05, 3.63) is 35.9 Å². The van der Waals surface area contributed by atoms with Crippen molar-refractivity contribution >= 4 is 0 Å². The van der Waals surface area contributed by atoms with Gasteiger partial charge in [-0.25, -0.2) is 0 Å². The van der Waals surface area contributed by atoms with E-state index in [9.17, 15) is 5.11 Å². The average Bonchev–Trinajstić information content (AvgIpc) is 3.02. The van der Waals surface area contributed by atoms with E-state index in [0.29, 0.717) is 6.61 Å². The number of aliphatic hydroxyl groups excluding tert-OH is 1. The fraction of sp³-hybridized carbons (Fsp3) is 0.667. The molecule has 2 fully saturated rings. The van der Waals surface area contributed by atoms with Crippen molar-refractivity contribution in [2.75, 3.05) is 13.7 Å². The van der Waals surface area contributed by atoms with Crippen molar-refractivity contribution in [3.8, 4) is 0 Å². The van der Waals surface area contributed by atoms with Crippen LogP contribution in [0.4, 0.5) is 0 Å². The number of hydrogen-bond donors (Lipinski definition) is 1. The van der Waals surface area contributed by atoms with Gasteiger partial charge in [0.2, 0.25) is 0 Å². The fourth-order valence-electron chi connectivity index (χ4n) is 3.39. The van der Waals surface area contributed by atoms with Crippen LogP contribution < -0.4 is 0 Å². The molecular weight excluding hydrogens is 312 g/mol. The lowest BCUT2D eigenvalue weighted by Gasteiger charge is -2.38. The van der Waals surface area contributed by atoms with Crippen LogP contribution in [0.2, 0.25) is 0 Å². The lowest BCUT2D eigenvalue weighted by molar-refractivity contribution is -0.272. The van der Waals surface area contributed by atoms with Gasteiger partial charge in [0, 0.05) is 7.11 Å². The van der Waals surface area contributed by atoms with E-state index in [-0.39, 0.29) is 12.7 Å². The highest BCUT2D eigenvalue weighted by atomic mass is 16.8. The lowest BCUT2D eigenvalue weighted by atomic mass is 9.90. The van der Waals surface area contributed by atoms with Crippen LogP contribution in [-0.4, -0.2) is 54.8 Å². The van der Waals surface area contributed by atoms with Gasteiger partial charge in [-0.3, -0.25) is 0 Å². The Bertz CT molecular complexity index is 548. The van der Waals surface area contributed by atoms with Crippen molar-refractivity contribution in [1.29, 1.82) is 0 Å². The van der Waals surface area contributed by atoms with Gasteiger partial charge < -0.3 is 28.8 Å². The zero-order valence-electron chi connectivity index (χ0n) is 14.6. The number of hydrogen-bond acceptors (Lipinski definition) is 6. The third-order valence-electron chi connectivity index (χ3n) is 4.76. The van der Waals surface area contributed by atoms with Gasteiger partial charge in [-0.2, -0.15) is 0 Å². The van der Waals surface area contributed by atoms with Crippen molar-refractivity contribution in [2.45, 2.75) is 63.4 Å². The summed E-state index contributed by atoms with van der Waals surface area (Å²) in [6, 6.07) is 9.86. The highest BCUT2D eigenvalue weighted by Crippen LogP contribution is 2.45. The minimum absolute atomic E-state index is 0.248. The molecule has 0 spiro atoms. The number of fused-ring (bicyclic) bond motifs is 1. The van der Waals surface area contributed by atoms with E-state index in [4.69, 9.17) is 23.7 Å². The molecule has 5 atom stereocenters. The van der Waals surface area contributed by atoms with Crippen LogP contribution in [0.3, 0.4) is 0 Å². The van der Waals surface area contributed by atoms with Gasteiger partial charge in [0.1, 0.15) is 17.8 Å². The van der Waals surface area contributed by atoms with Gasteiger partial charge in [-0.1, -0.05) is 30.3 Å². The molecule has 2 heterocycles. The molecule has 134 valence electrons. The zero-order chi connectivity index (χ0) is 17.4. The molecule has 0 saturated carbocycles. The van der Waals surface area contributed by atoms with Crippen molar-refractivity contribution in [3.63, 3.8) is 0 Å². The summed E-state index contributed by atoms with van der Waals surface area (Å²) in [5, 5.41) is 10.1. The van der Waals surface area contributed by atoms with Crippen molar-refractivity contribution < 1.29 is 28.8 Å². The molecule has 1 aromatic rings. The maximum Gasteiger partial charge on any atom is 0.190 e. The van der Waals surface area contributed by atoms with E-state index in [2.05, 4.69) is 0 Å². The number of aliphatic hydroxyl groups is 1. The van der Waals surface area contributed by atoms with Crippen LogP contribution in [-0.2, 0) is 30.3 Å². The van der Waals surface area contributed by atoms with Crippen LogP contribution in [0.1, 0.15) is 26.3 Å². The molecule has 1 aromatic carbocycles. The Morgan fingerprint density at radius 2 is 1.88 bits per heavy atom. The Kier molecular flexibility index (Phi) is 4.97. The van der Waals surface area contributed by atoms with E-state index in [1.54, 1.807) is 7.11 Å². The molecule has 1 unspecified atom stereocenters. The average molecular weight is 338 g/mol. The summed E-state index contributed by atoms with van der Waals surface area (Å²) in [7, 11) is 1.58. The normalized spacial score (nSPS) is 35.8. The standard InChI is InChI=1S/C18H26O6/c1-12(20-4)18(11-19)15(21-10-13-8-6-5-7-9-13)14-16(24-18)23-17(2,3)22-14/h5-9,12,14-16,19H,10-11H2,1-4H3/t12?,14-,15+,16+,18-/m1/s1. The first-order valence-corrected chi connectivity index (χ1v) is 8.24. The van der Waals surface area contributed by atoms with Crippen LogP contribution in [0.25, 0.3) is 0 Å². The van der Waals surface area contributed by atoms with E-state index in [1.165, 1.54) is 0 Å². The maximum atomic E-state index is 10.1. The van der Waals surface area contributed by atoms with Crippen LogP contribution in [0, 0.1) is 0 Å². The van der Waals surface area contributed by atoms with E-state index < -0.39 is 29.9 Å². The van der Waals surface area contributed by atoms with Crippen LogP contribution in [0.5, 0.6) is 0 Å². The molecule has 0 aromatic heterocycles. The molecule has 0 aliphatic carbocycles. The first kappa shape index (κ1) is 17.8. The Balaban J connectivity index is 1.83. The molecular formula is C18H26O6. The monoisotopic (exact) mass is 338 g/mol. The predicted molar refractivity (Wildman–Crippen MR) is 86.2 cm³/mol. The zero-order valence-corrected chi connectivity index (χ0v) is 14.6. The number of ether oxygens (including phenoxy) is 5. The van der Waals surface area contributed by atoms with Gasteiger partial charge >= 0.3 is 0 Å². The van der Waals surface area contributed by atoms with E-state index in [1.807, 2.05) is 51.1 Å². The third kappa shape index (κ3) is 3.10. The smallest absolute Gasteiger partial charge is 0.190 e. The second-order valence-electron chi connectivity index (χ2n) is 6.79. The second-order valence-corrected chi connectivity index (χ2v) is 6.79. The number of rotatable bonds is 6. The summed E-state index contributed by atoms with van der Waals surface area (Å²) in [5.41, 5.74) is 0.00562.